The number of primary amides is 1. The van der Waals surface area contributed by atoms with E-state index in [0.29, 0.717) is 34.7 Å². The second-order valence-corrected chi connectivity index (χ2v) is 11.8. The Morgan fingerprint density at radius 1 is 1.00 bits per heavy atom. The van der Waals surface area contributed by atoms with Gasteiger partial charge in [0.1, 0.15) is 28.6 Å². The number of aromatic amines is 2. The molecule has 1 aliphatic heterocycles. The number of rotatable bonds is 8. The van der Waals surface area contributed by atoms with Crippen LogP contribution in [0.15, 0.2) is 94.4 Å². The van der Waals surface area contributed by atoms with Crippen LogP contribution in [0.2, 0.25) is 5.02 Å². The number of fused-ring (bicyclic) bond motifs is 2. The molecule has 12 nitrogen and oxygen atoms in total. The molecule has 0 radical (unpaired) electrons. The van der Waals surface area contributed by atoms with Crippen molar-refractivity contribution in [3.8, 4) is 28.5 Å². The number of para-hydroxylation sites is 1. The van der Waals surface area contributed by atoms with Crippen LogP contribution in [0.3, 0.4) is 0 Å². The Hall–Kier alpha value is -6.23. The van der Waals surface area contributed by atoms with Crippen LogP contribution >= 0.6 is 11.6 Å². The lowest BCUT2D eigenvalue weighted by atomic mass is 9.95. The molecule has 0 spiro atoms. The highest BCUT2D eigenvalue weighted by Crippen LogP contribution is 2.45. The van der Waals surface area contributed by atoms with Crippen molar-refractivity contribution in [2.45, 2.75) is 25.3 Å². The van der Waals surface area contributed by atoms with Crippen molar-refractivity contribution in [3.05, 3.63) is 123 Å². The Morgan fingerprint density at radius 3 is 2.31 bits per heavy atom. The van der Waals surface area contributed by atoms with E-state index in [1.165, 1.54) is 30.6 Å². The maximum absolute atomic E-state index is 14.3. The number of amides is 2. The first-order valence-electron chi connectivity index (χ1n) is 15.0. The van der Waals surface area contributed by atoms with E-state index in [0.717, 1.165) is 17.0 Å². The highest BCUT2D eigenvalue weighted by atomic mass is 35.5. The summed E-state index contributed by atoms with van der Waals surface area (Å²) in [5.41, 5.74) is 7.36. The van der Waals surface area contributed by atoms with Crippen LogP contribution < -0.4 is 21.0 Å². The van der Waals surface area contributed by atoms with Gasteiger partial charge in [0.05, 0.1) is 23.1 Å². The summed E-state index contributed by atoms with van der Waals surface area (Å²) >= 11 is 5.90. The molecule has 3 aromatic carbocycles. The standard InChI is InChI=1S/C28H18ClF5N4O5.C6H6N2O/c1-27(30,31)12-38-23(13-5-7-14(8-6-13)41-15-9-10-19(17(29)11-15)43-28(32,33)34)20-21(36-37-22(20)25(38)39)16-3-2-4-18-24(16)42-26(40)35-18;7-6(9)5-1-3-8-4-2-5/h2-11,23H,12H2,1H3,(H,35,40)(H,36,37);1-4H,(H2,7,9). The number of oxazole rings is 1. The number of halogens is 6. The minimum absolute atomic E-state index is 0.00951. The molecule has 7 rings (SSSR count). The SMILES string of the molecule is CC(F)(F)CN1C(=O)c2[nH]nc(-c3cccc4[nH]c(=O)oc34)c2C1c1ccc(Oc2ccc(OC(F)(F)F)c(Cl)c2)cc1.NC(=O)c1ccncc1. The normalized spacial score (nSPS) is 14.2. The monoisotopic (exact) mass is 742 g/mol. The molecule has 4 N–H and O–H groups in total. The summed E-state index contributed by atoms with van der Waals surface area (Å²) in [6.45, 7) is -0.198. The first-order chi connectivity index (χ1) is 24.6. The number of ether oxygens (including phenoxy) is 2. The first-order valence-corrected chi connectivity index (χ1v) is 15.4. The number of carbonyl (C=O) groups excluding carboxylic acids is 2. The van der Waals surface area contributed by atoms with Gasteiger partial charge in [-0.1, -0.05) is 29.8 Å². The van der Waals surface area contributed by atoms with Gasteiger partial charge in [0.15, 0.2) is 5.58 Å². The molecule has 1 aliphatic rings. The molecule has 1 atom stereocenters. The van der Waals surface area contributed by atoms with Crippen molar-refractivity contribution in [1.29, 1.82) is 0 Å². The Kier molecular flexibility index (Phi) is 9.46. The van der Waals surface area contributed by atoms with E-state index in [9.17, 15) is 36.3 Å². The van der Waals surface area contributed by atoms with Gasteiger partial charge in [0.2, 0.25) is 5.91 Å². The van der Waals surface area contributed by atoms with E-state index in [2.05, 4.69) is 24.9 Å². The summed E-state index contributed by atoms with van der Waals surface area (Å²) < 4.78 is 81.0. The maximum atomic E-state index is 14.3. The van der Waals surface area contributed by atoms with Crippen molar-refractivity contribution in [2.75, 3.05) is 6.54 Å². The van der Waals surface area contributed by atoms with Crippen molar-refractivity contribution in [3.63, 3.8) is 0 Å². The average Bonchev–Trinajstić information content (AvgIpc) is 3.75. The Bertz CT molecular complexity index is 2320. The number of carbonyl (C=O) groups is 2. The number of benzene rings is 3. The minimum Gasteiger partial charge on any atom is -0.457 e. The molecule has 1 unspecified atom stereocenters. The minimum atomic E-state index is -4.92. The van der Waals surface area contributed by atoms with E-state index in [-0.39, 0.29) is 33.5 Å². The number of nitrogens with two attached hydrogens (primary N) is 1. The zero-order valence-electron chi connectivity index (χ0n) is 26.5. The summed E-state index contributed by atoms with van der Waals surface area (Å²) in [7, 11) is 0. The average molecular weight is 743 g/mol. The molecule has 0 fully saturated rings. The molecule has 2 amide bonds. The molecular weight excluding hydrogens is 719 g/mol. The zero-order valence-corrected chi connectivity index (χ0v) is 27.3. The van der Waals surface area contributed by atoms with Crippen molar-refractivity contribution >= 4 is 34.5 Å². The first kappa shape index (κ1) is 35.6. The summed E-state index contributed by atoms with van der Waals surface area (Å²) in [5, 5.41) is 6.60. The van der Waals surface area contributed by atoms with Gasteiger partial charge in [-0.05, 0) is 54.1 Å². The number of pyridine rings is 1. The second kappa shape index (κ2) is 13.8. The maximum Gasteiger partial charge on any atom is 0.573 e. The van der Waals surface area contributed by atoms with Crippen LogP contribution in [0.25, 0.3) is 22.4 Å². The number of hydrogen-bond acceptors (Lipinski definition) is 8. The van der Waals surface area contributed by atoms with E-state index in [1.54, 1.807) is 42.5 Å². The van der Waals surface area contributed by atoms with Crippen LogP contribution in [-0.4, -0.2) is 55.7 Å². The van der Waals surface area contributed by atoms with Gasteiger partial charge >= 0.3 is 12.1 Å². The summed E-state index contributed by atoms with van der Waals surface area (Å²) in [6, 6.07) is 16.5. The summed E-state index contributed by atoms with van der Waals surface area (Å²) in [6.07, 6.45) is -1.87. The van der Waals surface area contributed by atoms with Gasteiger partial charge in [-0.3, -0.25) is 24.7 Å². The lowest BCUT2D eigenvalue weighted by Crippen LogP contribution is -2.38. The fourth-order valence-electron chi connectivity index (χ4n) is 5.49. The quantitative estimate of drug-likeness (QED) is 0.137. The predicted molar refractivity (Wildman–Crippen MR) is 175 cm³/mol. The van der Waals surface area contributed by atoms with Gasteiger partial charge in [0.25, 0.3) is 11.8 Å². The molecule has 0 saturated carbocycles. The van der Waals surface area contributed by atoms with Crippen LogP contribution in [0.4, 0.5) is 22.0 Å². The summed E-state index contributed by atoms with van der Waals surface area (Å²) in [5.74, 6) is -5.30. The third-order valence-corrected chi connectivity index (χ3v) is 7.83. The van der Waals surface area contributed by atoms with Gasteiger partial charge in [0, 0.05) is 42.1 Å². The van der Waals surface area contributed by atoms with Crippen LogP contribution in [0.1, 0.15) is 44.9 Å². The third-order valence-electron chi connectivity index (χ3n) is 7.54. The predicted octanol–water partition coefficient (Wildman–Crippen LogP) is 7.24. The molecule has 52 heavy (non-hydrogen) atoms. The number of nitrogens with one attached hydrogen (secondary N) is 2. The Balaban J connectivity index is 0.000000451. The fourth-order valence-corrected chi connectivity index (χ4v) is 5.70. The number of nitrogens with zero attached hydrogens (tertiary/aromatic N) is 3. The summed E-state index contributed by atoms with van der Waals surface area (Å²) in [4.78, 5) is 42.9. The van der Waals surface area contributed by atoms with Crippen LogP contribution in [0, 0.1) is 0 Å². The van der Waals surface area contributed by atoms with Crippen LogP contribution in [0.5, 0.6) is 17.2 Å². The van der Waals surface area contributed by atoms with Gasteiger partial charge in [-0.15, -0.1) is 13.2 Å². The van der Waals surface area contributed by atoms with E-state index in [4.69, 9.17) is 26.5 Å². The van der Waals surface area contributed by atoms with Crippen LogP contribution in [-0.2, 0) is 0 Å². The van der Waals surface area contributed by atoms with E-state index >= 15 is 0 Å². The number of alkyl halides is 5. The number of hydrogen-bond donors (Lipinski definition) is 3. The Labute approximate surface area is 293 Å². The second-order valence-electron chi connectivity index (χ2n) is 11.4. The molecule has 0 bridgehead atoms. The van der Waals surface area contributed by atoms with Gasteiger partial charge in [-0.25, -0.2) is 13.6 Å². The largest absolute Gasteiger partial charge is 0.573 e. The topological polar surface area (TPSA) is 169 Å². The molecule has 3 aromatic heterocycles. The van der Waals surface area contributed by atoms with Crippen molar-refractivity contribution in [2.24, 2.45) is 5.73 Å². The lowest BCUT2D eigenvalue weighted by Gasteiger charge is -2.28. The number of H-pyrrole nitrogens is 2. The van der Waals surface area contributed by atoms with E-state index < -0.39 is 48.2 Å². The lowest BCUT2D eigenvalue weighted by molar-refractivity contribution is -0.274. The van der Waals surface area contributed by atoms with Gasteiger partial charge in [-0.2, -0.15) is 5.10 Å². The molecule has 18 heteroatoms. The van der Waals surface area contributed by atoms with Gasteiger partial charge < -0.3 is 24.5 Å². The molecule has 6 aromatic rings. The smallest absolute Gasteiger partial charge is 0.457 e. The molecule has 0 saturated heterocycles. The Morgan fingerprint density at radius 2 is 1.69 bits per heavy atom. The highest BCUT2D eigenvalue weighted by molar-refractivity contribution is 6.32. The molecular formula is C34H24ClF5N6O6. The molecule has 268 valence electrons. The van der Waals surface area contributed by atoms with Crippen molar-refractivity contribution in [1.82, 2.24) is 25.1 Å². The third kappa shape index (κ3) is 7.73. The zero-order chi connectivity index (χ0) is 37.4. The number of aromatic nitrogens is 4. The molecule has 0 aliphatic carbocycles. The van der Waals surface area contributed by atoms with E-state index in [1.807, 2.05) is 0 Å². The molecule has 4 heterocycles. The highest BCUT2D eigenvalue weighted by Gasteiger charge is 2.45. The van der Waals surface area contributed by atoms with Crippen molar-refractivity contribution < 1.29 is 45.4 Å². The fraction of sp³-hybridized carbons (Fsp3) is 0.147.